The topological polar surface area (TPSA) is 507 Å². The minimum Gasteiger partial charge on any atom is -0.726 e. The van der Waals surface area contributed by atoms with Crippen molar-refractivity contribution in [2.45, 2.75) is 321 Å². The molecule has 0 saturated carbocycles. The van der Waals surface area contributed by atoms with Crippen LogP contribution in [0.15, 0.2) is 97.2 Å². The fraction of sp³-hybridized carbons (Fsp3) is 0.761. The smallest absolute Gasteiger partial charge is 0.726 e. The molecule has 0 aromatic rings. The first kappa shape index (κ1) is 95.6. The summed E-state index contributed by atoms with van der Waals surface area (Å²) in [4.78, 5) is 12.6. The van der Waals surface area contributed by atoms with E-state index in [4.69, 9.17) is 14.6 Å². The Morgan fingerprint density at radius 3 is 1.67 bits per heavy atom. The van der Waals surface area contributed by atoms with Crippen LogP contribution < -0.4 is 29.6 Å². The van der Waals surface area contributed by atoms with Crippen molar-refractivity contribution in [2.24, 2.45) is 11.8 Å². The van der Waals surface area contributed by atoms with Crippen molar-refractivity contribution in [1.82, 2.24) is 0 Å². The minimum atomic E-state index is -5.00. The van der Waals surface area contributed by atoms with Crippen LogP contribution in [0.3, 0.4) is 0 Å². The fourth-order valence-electron chi connectivity index (χ4n) is 12.1. The number of Topliss-reactive ketones (excluding diaryl/α,β-unsaturated/α-hetero) is 1. The molecule has 0 bridgehead atoms. The molecule has 0 aromatic heterocycles. The SMILES string of the molecule is C=C/C=C/CC/C=C/C=C/C=C/CC/C=C/C(O)C(O)C1OC(C(O)C(O)C(=C)CCC(O)C2CC(O)C(O)C(C(O)C(O)/C=C(\C)CCC(O)CC(O)C(O)C(C)CC(O)C(O)CC(C)CCC(O)CC(=O)CC(O)CCCC(CCCCC(O)CO)OS(=O)(=O)[O-])O2)CC(O)C1O.[Na+]. The van der Waals surface area contributed by atoms with Crippen LogP contribution in [0.4, 0.5) is 0 Å². The summed E-state index contributed by atoms with van der Waals surface area (Å²) in [5.74, 6) is -1.43. The number of allylic oxidation sites excluding steroid dienone is 11. The molecule has 26 atom stereocenters. The van der Waals surface area contributed by atoms with Crippen LogP contribution in [-0.4, -0.2) is 274 Å². The molecule has 2 heterocycles. The number of hydrogen-bond donors (Lipinski definition) is 20. The number of carbonyl (C=O) groups is 1. The Balaban J connectivity index is 0.0000500. The number of rotatable bonds is 53. The number of unbranched alkanes of at least 4 members (excludes halogenated alkanes) is 3. The molecule has 0 aromatic carbocycles. The number of hydrogen-bond acceptors (Lipinski definition) is 27. The van der Waals surface area contributed by atoms with Crippen LogP contribution >= 0.6 is 0 Å². The summed E-state index contributed by atoms with van der Waals surface area (Å²) >= 11 is 0. The molecule has 2 rings (SSSR count). The molecule has 2 aliphatic heterocycles. The summed E-state index contributed by atoms with van der Waals surface area (Å²) < 4.78 is 49.9. The van der Waals surface area contributed by atoms with Gasteiger partial charge in [-0.2, -0.15) is 0 Å². The van der Waals surface area contributed by atoms with Gasteiger partial charge in [0.1, 0.15) is 66.8 Å². The molecule has 2 saturated heterocycles. The van der Waals surface area contributed by atoms with E-state index in [0.717, 1.165) is 12.8 Å². The van der Waals surface area contributed by atoms with Crippen molar-refractivity contribution >= 4 is 16.2 Å². The van der Waals surface area contributed by atoms with Gasteiger partial charge in [-0.05, 0) is 133 Å². The Morgan fingerprint density at radius 1 is 0.580 bits per heavy atom. The quantitative estimate of drug-likeness (QED) is 0.00774. The van der Waals surface area contributed by atoms with Crippen LogP contribution in [0.1, 0.15) is 175 Å². The monoisotopic (exact) mass is 1460 g/mol. The van der Waals surface area contributed by atoms with Gasteiger partial charge in [0.05, 0.1) is 92.1 Å². The van der Waals surface area contributed by atoms with Gasteiger partial charge in [-0.25, -0.2) is 8.42 Å². The van der Waals surface area contributed by atoms with Crippen molar-refractivity contribution in [3.63, 3.8) is 0 Å². The normalized spacial score (nSPS) is 26.1. The van der Waals surface area contributed by atoms with E-state index in [1.807, 2.05) is 48.6 Å². The van der Waals surface area contributed by atoms with Crippen LogP contribution in [0.2, 0.25) is 0 Å². The predicted octanol–water partition coefficient (Wildman–Crippen LogP) is -2.11. The maximum atomic E-state index is 12.6. The predicted molar refractivity (Wildman–Crippen MR) is 366 cm³/mol. The zero-order valence-electron chi connectivity index (χ0n) is 58.7. The van der Waals surface area contributed by atoms with Crippen molar-refractivity contribution in [1.29, 1.82) is 0 Å². The van der Waals surface area contributed by atoms with Gasteiger partial charge in [0.25, 0.3) is 0 Å². The molecular formula is C71H121NaO27S. The molecule has 27 nitrogen and oxygen atoms in total. The van der Waals surface area contributed by atoms with Crippen LogP contribution in [0.5, 0.6) is 0 Å². The van der Waals surface area contributed by atoms with Gasteiger partial charge in [0.2, 0.25) is 10.4 Å². The van der Waals surface area contributed by atoms with Crippen molar-refractivity contribution in [2.75, 3.05) is 6.61 Å². The molecular weight excluding hydrogens is 1340 g/mol. The molecule has 26 unspecified atom stereocenters. The molecule has 0 radical (unpaired) electrons. The zero-order chi connectivity index (χ0) is 74.5. The third-order valence-corrected chi connectivity index (χ3v) is 18.8. The van der Waals surface area contributed by atoms with Crippen molar-refractivity contribution < 1.29 is 163 Å². The molecule has 0 amide bonds. The number of aliphatic hydroxyl groups is 20. The summed E-state index contributed by atoms with van der Waals surface area (Å²) in [5, 5.41) is 214. The van der Waals surface area contributed by atoms with Gasteiger partial charge in [-0.15, -0.1) is 0 Å². The summed E-state index contributed by atoms with van der Waals surface area (Å²) in [7, 11) is -5.00. The van der Waals surface area contributed by atoms with Gasteiger partial charge >= 0.3 is 29.6 Å². The summed E-state index contributed by atoms with van der Waals surface area (Å²) in [6.45, 7) is 11.9. The molecule has 2 fully saturated rings. The van der Waals surface area contributed by atoms with Crippen molar-refractivity contribution in [3.8, 4) is 0 Å². The Kier molecular flexibility index (Phi) is 49.5. The first-order valence-electron chi connectivity index (χ1n) is 34.9. The molecule has 0 aliphatic carbocycles. The third kappa shape index (κ3) is 38.7. The molecule has 20 N–H and O–H groups in total. The van der Waals surface area contributed by atoms with E-state index in [1.165, 1.54) is 12.2 Å². The van der Waals surface area contributed by atoms with E-state index in [1.54, 1.807) is 32.9 Å². The minimum absolute atomic E-state index is 0. The number of ether oxygens (including phenoxy) is 2. The van der Waals surface area contributed by atoms with E-state index >= 15 is 0 Å². The number of ketones is 1. The summed E-state index contributed by atoms with van der Waals surface area (Å²) in [5.41, 5.74) is 0.433. The van der Waals surface area contributed by atoms with E-state index in [-0.39, 0.29) is 150 Å². The Hall–Kier alpha value is -2.42. The first-order valence-corrected chi connectivity index (χ1v) is 36.2. The second-order valence-corrected chi connectivity index (χ2v) is 28.2. The van der Waals surface area contributed by atoms with Crippen LogP contribution in [0, 0.1) is 11.8 Å². The standard InChI is InChI=1S/C71H122O27S.Na/c1-6-7-8-9-10-11-12-13-14-15-16-17-18-19-27-54(79)65(88)70-68(91)60(85)41-62(97-70)69(92)64(87)45(4)30-33-53(78)61-40-59(84)67(90)71(96-61)66(89)57(82)35-44(3)29-32-49(75)39-58(83)63(86)46(5)36-56(81)55(80)34-43(2)28-31-48(74)38-51(77)37-47(73)24-22-26-52(98-99(93,94)95)25-21-20-23-50(76)42-72;/h6-8,11-16,19,27,35,43,46-50,52-76,78-92H,1,4,9-10,17-18,20-26,28-34,36-42H2,2-3,5H3,(H,93,94,95);/q;+1/p-1/b8-7+,12-11+,14-13+,16-15+,27-19+,44-35+;. The third-order valence-electron chi connectivity index (χ3n) is 18.3. The first-order chi connectivity index (χ1) is 46.6. The van der Waals surface area contributed by atoms with Crippen LogP contribution in [-0.2, 0) is 28.9 Å². The zero-order valence-corrected chi connectivity index (χ0v) is 61.6. The van der Waals surface area contributed by atoms with E-state index in [2.05, 4.69) is 17.3 Å². The summed E-state index contributed by atoms with van der Waals surface area (Å²) in [6.07, 6.45) is -9.95. The van der Waals surface area contributed by atoms with E-state index in [0.29, 0.717) is 37.7 Å². The molecule has 574 valence electrons. The van der Waals surface area contributed by atoms with E-state index in [9.17, 15) is 115 Å². The second kappa shape index (κ2) is 51.7. The number of carbonyl (C=O) groups excluding carboxylic acids is 1. The fourth-order valence-corrected chi connectivity index (χ4v) is 12.6. The van der Waals surface area contributed by atoms with Crippen molar-refractivity contribution in [3.05, 3.63) is 97.2 Å². The van der Waals surface area contributed by atoms with Gasteiger partial charge < -0.3 is 116 Å². The van der Waals surface area contributed by atoms with Gasteiger partial charge in [0, 0.05) is 32.1 Å². The molecule has 29 heteroatoms. The summed E-state index contributed by atoms with van der Waals surface area (Å²) in [6, 6.07) is 0. The second-order valence-electron chi connectivity index (χ2n) is 27.2. The average Bonchev–Trinajstić information content (AvgIpc) is 0.833. The Bertz CT molecular complexity index is 2540. The average molecular weight is 1460 g/mol. The maximum Gasteiger partial charge on any atom is 1.00 e. The number of aliphatic hydroxyl groups excluding tert-OH is 20. The Labute approximate surface area is 612 Å². The molecule has 2 aliphatic rings. The van der Waals surface area contributed by atoms with Gasteiger partial charge in [-0.1, -0.05) is 118 Å². The molecule has 0 spiro atoms. The maximum absolute atomic E-state index is 12.6. The van der Waals surface area contributed by atoms with Gasteiger partial charge in [0.15, 0.2) is 0 Å². The largest absolute Gasteiger partial charge is 1.00 e. The molecule has 100 heavy (non-hydrogen) atoms. The van der Waals surface area contributed by atoms with E-state index < -0.39 is 175 Å². The van der Waals surface area contributed by atoms with Gasteiger partial charge in [-0.3, -0.25) is 8.98 Å². The Morgan fingerprint density at radius 2 is 1.09 bits per heavy atom. The van der Waals surface area contributed by atoms with Crippen LogP contribution in [0.25, 0.3) is 0 Å².